The first-order valence-electron chi connectivity index (χ1n) is 4.40. The highest BCUT2D eigenvalue weighted by molar-refractivity contribution is 6.22. The summed E-state index contributed by atoms with van der Waals surface area (Å²) in [6, 6.07) is -1.13. The Bertz CT molecular complexity index is 137. The first-order valence-corrected chi connectivity index (χ1v) is 4.78. The summed E-state index contributed by atoms with van der Waals surface area (Å²) in [5.74, 6) is 5.48. The molecule has 0 aliphatic heterocycles. The second-order valence-corrected chi connectivity index (χ2v) is 4.09. The summed E-state index contributed by atoms with van der Waals surface area (Å²) >= 11 is 4.84. The summed E-state index contributed by atoms with van der Waals surface area (Å²) in [7, 11) is 0. The van der Waals surface area contributed by atoms with Gasteiger partial charge in [-0.2, -0.15) is 8.78 Å². The van der Waals surface area contributed by atoms with Crippen LogP contribution in [0.25, 0.3) is 0 Å². The van der Waals surface area contributed by atoms with Crippen molar-refractivity contribution in [2.45, 2.75) is 44.5 Å². The third kappa shape index (κ3) is 6.18. The van der Waals surface area contributed by atoms with Crippen LogP contribution in [0.2, 0.25) is 0 Å². The standard InChI is InChI=1S/C8H17ClF2N2/c1-6(2)4-3-5-7(13-12)8(9,10)11/h6-7,13H,3-5,12H2,1-2H3. The van der Waals surface area contributed by atoms with E-state index in [-0.39, 0.29) is 0 Å². The van der Waals surface area contributed by atoms with Gasteiger partial charge in [0.25, 0.3) is 0 Å². The molecular weight excluding hydrogens is 198 g/mol. The SMILES string of the molecule is CC(C)CCCC(NN)C(F)(F)Cl. The van der Waals surface area contributed by atoms with Crippen molar-refractivity contribution in [2.75, 3.05) is 0 Å². The third-order valence-corrected chi connectivity index (χ3v) is 2.13. The van der Waals surface area contributed by atoms with Gasteiger partial charge in [0.05, 0.1) is 6.04 Å². The molecule has 0 bridgehead atoms. The Morgan fingerprint density at radius 3 is 2.23 bits per heavy atom. The van der Waals surface area contributed by atoms with Gasteiger partial charge in [-0.25, -0.2) is 5.43 Å². The first-order chi connectivity index (χ1) is 5.88. The fraction of sp³-hybridized carbons (Fsp3) is 1.00. The minimum atomic E-state index is -3.26. The van der Waals surface area contributed by atoms with Crippen molar-refractivity contribution in [1.82, 2.24) is 5.43 Å². The van der Waals surface area contributed by atoms with Crippen LogP contribution in [0, 0.1) is 5.92 Å². The predicted molar refractivity (Wildman–Crippen MR) is 50.6 cm³/mol. The zero-order valence-corrected chi connectivity index (χ0v) is 8.74. The van der Waals surface area contributed by atoms with Gasteiger partial charge in [-0.3, -0.25) is 5.84 Å². The number of alkyl halides is 3. The van der Waals surface area contributed by atoms with Gasteiger partial charge in [0.1, 0.15) is 0 Å². The predicted octanol–water partition coefficient (Wildman–Crippen LogP) is 2.48. The molecule has 5 heteroatoms. The summed E-state index contributed by atoms with van der Waals surface area (Å²) in [6.45, 7) is 4.09. The van der Waals surface area contributed by atoms with Crippen molar-refractivity contribution < 1.29 is 8.78 Å². The molecule has 1 unspecified atom stereocenters. The molecule has 3 N–H and O–H groups in total. The van der Waals surface area contributed by atoms with Crippen molar-refractivity contribution in [3.63, 3.8) is 0 Å². The lowest BCUT2D eigenvalue weighted by Crippen LogP contribution is -2.45. The van der Waals surface area contributed by atoms with Crippen LogP contribution < -0.4 is 11.3 Å². The number of nitrogens with two attached hydrogens (primary N) is 1. The van der Waals surface area contributed by atoms with E-state index >= 15 is 0 Å². The lowest BCUT2D eigenvalue weighted by Gasteiger charge is -2.20. The molecule has 0 heterocycles. The third-order valence-electron chi connectivity index (χ3n) is 1.87. The molecule has 0 saturated carbocycles. The Labute approximate surface area is 82.8 Å². The van der Waals surface area contributed by atoms with Crippen LogP contribution in [-0.4, -0.2) is 11.4 Å². The van der Waals surface area contributed by atoms with Crippen LogP contribution in [0.5, 0.6) is 0 Å². The molecule has 0 aromatic carbocycles. The molecule has 0 fully saturated rings. The topological polar surface area (TPSA) is 38.0 Å². The highest BCUT2D eigenvalue weighted by Gasteiger charge is 2.35. The Morgan fingerprint density at radius 2 is 1.92 bits per heavy atom. The van der Waals surface area contributed by atoms with Crippen molar-refractivity contribution in [1.29, 1.82) is 0 Å². The van der Waals surface area contributed by atoms with E-state index in [0.717, 1.165) is 6.42 Å². The average molecular weight is 215 g/mol. The van der Waals surface area contributed by atoms with Gasteiger partial charge in [0, 0.05) is 0 Å². The number of hydrogen-bond donors (Lipinski definition) is 2. The van der Waals surface area contributed by atoms with E-state index in [4.69, 9.17) is 17.4 Å². The molecule has 0 saturated heterocycles. The quantitative estimate of drug-likeness (QED) is 0.405. The van der Waals surface area contributed by atoms with E-state index < -0.39 is 11.4 Å². The molecule has 0 aromatic rings. The van der Waals surface area contributed by atoms with Gasteiger partial charge in [-0.15, -0.1) is 0 Å². The molecule has 0 aromatic heterocycles. The molecule has 0 radical (unpaired) electrons. The van der Waals surface area contributed by atoms with E-state index in [1.54, 1.807) is 0 Å². The van der Waals surface area contributed by atoms with Crippen molar-refractivity contribution >= 4 is 11.6 Å². The Hall–Kier alpha value is 0.0700. The summed E-state index contributed by atoms with van der Waals surface area (Å²) in [4.78, 5) is 0. The highest BCUT2D eigenvalue weighted by Crippen LogP contribution is 2.26. The molecule has 0 rings (SSSR count). The second kappa shape index (κ2) is 5.73. The summed E-state index contributed by atoms with van der Waals surface area (Å²) < 4.78 is 25.1. The maximum Gasteiger partial charge on any atom is 0.338 e. The summed E-state index contributed by atoms with van der Waals surface area (Å²) in [6.07, 6.45) is 1.91. The van der Waals surface area contributed by atoms with E-state index in [9.17, 15) is 8.78 Å². The molecular formula is C8H17ClF2N2. The van der Waals surface area contributed by atoms with Crippen LogP contribution in [0.15, 0.2) is 0 Å². The molecule has 13 heavy (non-hydrogen) atoms. The van der Waals surface area contributed by atoms with Gasteiger partial charge in [0.2, 0.25) is 0 Å². The summed E-state index contributed by atoms with van der Waals surface area (Å²) in [5, 5.41) is -3.26. The Morgan fingerprint density at radius 1 is 1.38 bits per heavy atom. The number of hydrogen-bond acceptors (Lipinski definition) is 2. The van der Waals surface area contributed by atoms with Crippen LogP contribution in [-0.2, 0) is 0 Å². The van der Waals surface area contributed by atoms with Crippen molar-refractivity contribution in [3.05, 3.63) is 0 Å². The monoisotopic (exact) mass is 214 g/mol. The summed E-state index contributed by atoms with van der Waals surface area (Å²) in [5.41, 5.74) is 2.03. The number of halogens is 3. The zero-order chi connectivity index (χ0) is 10.5. The molecule has 80 valence electrons. The number of rotatable bonds is 6. The van der Waals surface area contributed by atoms with Gasteiger partial charge >= 0.3 is 5.38 Å². The van der Waals surface area contributed by atoms with E-state index in [2.05, 4.69) is 0 Å². The van der Waals surface area contributed by atoms with E-state index in [0.29, 0.717) is 18.8 Å². The van der Waals surface area contributed by atoms with E-state index in [1.807, 2.05) is 19.3 Å². The van der Waals surface area contributed by atoms with Crippen LogP contribution in [0.4, 0.5) is 8.78 Å². The maximum absolute atomic E-state index is 12.5. The Kier molecular flexibility index (Phi) is 5.76. The lowest BCUT2D eigenvalue weighted by atomic mass is 10.0. The van der Waals surface area contributed by atoms with Gasteiger partial charge in [0.15, 0.2) is 0 Å². The highest BCUT2D eigenvalue weighted by atomic mass is 35.5. The van der Waals surface area contributed by atoms with Crippen molar-refractivity contribution in [3.8, 4) is 0 Å². The second-order valence-electron chi connectivity index (χ2n) is 3.59. The molecule has 0 aliphatic rings. The zero-order valence-electron chi connectivity index (χ0n) is 7.99. The number of nitrogens with one attached hydrogen (secondary N) is 1. The Balaban J connectivity index is 3.73. The molecule has 0 amide bonds. The first kappa shape index (κ1) is 13.1. The maximum atomic E-state index is 12.5. The van der Waals surface area contributed by atoms with Crippen molar-refractivity contribution in [2.24, 2.45) is 11.8 Å². The van der Waals surface area contributed by atoms with Crippen LogP contribution in [0.3, 0.4) is 0 Å². The van der Waals surface area contributed by atoms with Crippen LogP contribution >= 0.6 is 11.6 Å². The minimum Gasteiger partial charge on any atom is -0.271 e. The largest absolute Gasteiger partial charge is 0.338 e. The molecule has 2 nitrogen and oxygen atoms in total. The molecule has 1 atom stereocenters. The lowest BCUT2D eigenvalue weighted by molar-refractivity contribution is 0.0453. The smallest absolute Gasteiger partial charge is 0.271 e. The average Bonchev–Trinajstić information content (AvgIpc) is 1.95. The fourth-order valence-electron chi connectivity index (χ4n) is 1.07. The van der Waals surface area contributed by atoms with Gasteiger partial charge in [-0.05, 0) is 23.9 Å². The number of hydrazine groups is 1. The van der Waals surface area contributed by atoms with Crippen LogP contribution in [0.1, 0.15) is 33.1 Å². The fourth-order valence-corrected chi connectivity index (χ4v) is 1.24. The molecule has 0 spiro atoms. The normalized spacial score (nSPS) is 15.0. The molecule has 0 aliphatic carbocycles. The minimum absolute atomic E-state index is 0.297. The van der Waals surface area contributed by atoms with Gasteiger partial charge in [-0.1, -0.05) is 26.7 Å². The van der Waals surface area contributed by atoms with E-state index in [1.165, 1.54) is 0 Å². The van der Waals surface area contributed by atoms with Gasteiger partial charge < -0.3 is 0 Å².